The third kappa shape index (κ3) is 5.61. The molecular weight excluding hydrogens is 512 g/mol. The van der Waals surface area contributed by atoms with Gasteiger partial charge >= 0.3 is 0 Å². The van der Waals surface area contributed by atoms with Crippen LogP contribution < -0.4 is 18.3 Å². The van der Waals surface area contributed by atoms with Crippen molar-refractivity contribution >= 4 is 0 Å². The maximum atomic E-state index is 2.28. The van der Waals surface area contributed by atoms with Gasteiger partial charge in [-0.05, 0) is 36.1 Å². The van der Waals surface area contributed by atoms with E-state index >= 15 is 0 Å². The molecule has 0 saturated carbocycles. The van der Waals surface area contributed by atoms with E-state index in [0.717, 1.165) is 26.2 Å². The maximum Gasteiger partial charge on any atom is 0.173 e. The smallest absolute Gasteiger partial charge is 0.173 e. The van der Waals surface area contributed by atoms with E-state index in [9.17, 15) is 0 Å². The summed E-state index contributed by atoms with van der Waals surface area (Å²) < 4.78 is 9.04. The van der Waals surface area contributed by atoms with Crippen molar-refractivity contribution in [3.05, 3.63) is 168 Å². The Bertz CT molecular complexity index is 1710. The quantitative estimate of drug-likeness (QED) is 0.229. The van der Waals surface area contributed by atoms with Gasteiger partial charge in [0.25, 0.3) is 0 Å². The van der Waals surface area contributed by atoms with Gasteiger partial charge in [-0.1, -0.05) is 48.5 Å². The summed E-state index contributed by atoms with van der Waals surface area (Å²) in [6.07, 6.45) is 17.6. The van der Waals surface area contributed by atoms with Gasteiger partial charge in [0.1, 0.15) is 0 Å². The summed E-state index contributed by atoms with van der Waals surface area (Å²) in [5.41, 5.74) is 12.8. The van der Waals surface area contributed by atoms with Crippen molar-refractivity contribution in [3.63, 3.8) is 0 Å². The molecular formula is C38H36N4+4. The molecule has 0 atom stereocenters. The molecule has 0 fully saturated rings. The molecule has 16 aliphatic heterocycles. The predicted octanol–water partition coefficient (Wildman–Crippen LogP) is 5.29. The van der Waals surface area contributed by atoms with Crippen LogP contribution in [0.5, 0.6) is 0 Å². The lowest BCUT2D eigenvalue weighted by Crippen LogP contribution is -2.35. The lowest BCUT2D eigenvalue weighted by Gasteiger charge is -2.09. The summed E-state index contributed by atoms with van der Waals surface area (Å²) in [5.74, 6) is 0. The molecule has 204 valence electrons. The number of rotatable bonds is 0. The Balaban J connectivity index is 1.23. The Morgan fingerprint density at radius 3 is 0.952 bits per heavy atom. The SMILES string of the molecule is Cc1c[n+]2ccc1-c1cc[n+](cc1C)Cc1ccc(cc1)C[n+]1ccc(cc1)-c1cc[n+](cc1)Cc1ccc(cc1)C2. The van der Waals surface area contributed by atoms with Gasteiger partial charge in [-0.15, -0.1) is 0 Å². The third-order valence-electron chi connectivity index (χ3n) is 8.35. The minimum absolute atomic E-state index is 0.853. The highest BCUT2D eigenvalue weighted by atomic mass is 14.9. The van der Waals surface area contributed by atoms with E-state index in [2.05, 4.69) is 167 Å². The van der Waals surface area contributed by atoms with Crippen molar-refractivity contribution in [1.82, 2.24) is 0 Å². The highest BCUT2D eigenvalue weighted by Gasteiger charge is 2.15. The van der Waals surface area contributed by atoms with Gasteiger partial charge < -0.3 is 0 Å². The summed E-state index contributed by atoms with van der Waals surface area (Å²) in [6, 6.07) is 31.3. The van der Waals surface area contributed by atoms with Gasteiger partial charge in [0.05, 0.1) is 0 Å². The number of hydrogen-bond donors (Lipinski definition) is 0. The summed E-state index contributed by atoms with van der Waals surface area (Å²) >= 11 is 0. The van der Waals surface area contributed by atoms with Gasteiger partial charge in [-0.3, -0.25) is 0 Å². The molecule has 12 bridgehead atoms. The first-order chi connectivity index (χ1) is 20.6. The molecule has 2 aromatic carbocycles. The van der Waals surface area contributed by atoms with Crippen LogP contribution in [0.3, 0.4) is 0 Å². The zero-order chi connectivity index (χ0) is 28.5. The molecule has 0 spiro atoms. The van der Waals surface area contributed by atoms with Crippen LogP contribution in [-0.4, -0.2) is 0 Å². The molecule has 0 aliphatic carbocycles. The Kier molecular flexibility index (Phi) is 6.89. The number of hydrogen-bond acceptors (Lipinski definition) is 0. The minimum atomic E-state index is 0.853. The van der Waals surface area contributed by atoms with Crippen LogP contribution in [-0.2, 0) is 26.2 Å². The molecule has 4 nitrogen and oxygen atoms in total. The Morgan fingerprint density at radius 2 is 0.643 bits per heavy atom. The van der Waals surface area contributed by atoms with Crippen molar-refractivity contribution in [3.8, 4) is 22.3 Å². The number of aromatic nitrogens is 4. The lowest BCUT2D eigenvalue weighted by molar-refractivity contribution is -0.689. The fourth-order valence-electron chi connectivity index (χ4n) is 5.98. The van der Waals surface area contributed by atoms with Crippen LogP contribution in [0.1, 0.15) is 33.4 Å². The van der Waals surface area contributed by atoms with Crippen molar-refractivity contribution in [2.45, 2.75) is 40.0 Å². The Labute approximate surface area is 248 Å². The van der Waals surface area contributed by atoms with Crippen molar-refractivity contribution < 1.29 is 18.3 Å². The summed E-state index contributed by atoms with van der Waals surface area (Å²) in [4.78, 5) is 0. The Morgan fingerprint density at radius 1 is 0.357 bits per heavy atom. The van der Waals surface area contributed by atoms with E-state index in [1.54, 1.807) is 0 Å². The molecule has 6 aromatic rings. The molecule has 20 heterocycles. The fraction of sp³-hybridized carbons (Fsp3) is 0.158. The minimum Gasteiger partial charge on any atom is -0.201 e. The van der Waals surface area contributed by atoms with Gasteiger partial charge in [0.15, 0.2) is 75.8 Å². The molecule has 0 amide bonds. The highest BCUT2D eigenvalue weighted by Crippen LogP contribution is 2.24. The topological polar surface area (TPSA) is 15.5 Å². The monoisotopic (exact) mass is 548 g/mol. The summed E-state index contributed by atoms with van der Waals surface area (Å²) in [7, 11) is 0. The predicted molar refractivity (Wildman–Crippen MR) is 163 cm³/mol. The summed E-state index contributed by atoms with van der Waals surface area (Å²) in [5, 5.41) is 0. The molecule has 0 saturated heterocycles. The van der Waals surface area contributed by atoms with Crippen LogP contribution in [0.2, 0.25) is 0 Å². The summed E-state index contributed by atoms with van der Waals surface area (Å²) in [6.45, 7) is 7.84. The molecule has 42 heavy (non-hydrogen) atoms. The second-order valence-corrected chi connectivity index (χ2v) is 11.6. The van der Waals surface area contributed by atoms with Gasteiger partial charge in [0.2, 0.25) is 0 Å². The van der Waals surface area contributed by atoms with Crippen LogP contribution in [0.15, 0.2) is 135 Å². The first-order valence-corrected chi connectivity index (χ1v) is 14.7. The third-order valence-corrected chi connectivity index (χ3v) is 8.35. The van der Waals surface area contributed by atoms with Crippen molar-refractivity contribution in [1.29, 1.82) is 0 Å². The average Bonchev–Trinajstić information content (AvgIpc) is 3.00. The molecule has 0 unspecified atom stereocenters. The van der Waals surface area contributed by atoms with E-state index in [1.165, 1.54) is 55.6 Å². The van der Waals surface area contributed by atoms with E-state index in [0.29, 0.717) is 0 Å². The van der Waals surface area contributed by atoms with E-state index < -0.39 is 0 Å². The van der Waals surface area contributed by atoms with Gasteiger partial charge in [0, 0.05) is 69.8 Å². The normalized spacial score (nSPS) is 12.6. The van der Waals surface area contributed by atoms with E-state index in [4.69, 9.17) is 0 Å². The molecule has 16 aliphatic rings. The van der Waals surface area contributed by atoms with Gasteiger partial charge in [-0.2, -0.15) is 0 Å². The van der Waals surface area contributed by atoms with Crippen molar-refractivity contribution in [2.75, 3.05) is 0 Å². The van der Waals surface area contributed by atoms with Crippen LogP contribution in [0, 0.1) is 13.8 Å². The van der Waals surface area contributed by atoms with E-state index in [1.807, 2.05) is 0 Å². The number of benzene rings is 2. The van der Waals surface area contributed by atoms with E-state index in [-0.39, 0.29) is 0 Å². The second kappa shape index (κ2) is 11.1. The highest BCUT2D eigenvalue weighted by molar-refractivity contribution is 5.68. The van der Waals surface area contributed by atoms with Crippen LogP contribution in [0.25, 0.3) is 22.3 Å². The van der Waals surface area contributed by atoms with Crippen LogP contribution in [0.4, 0.5) is 0 Å². The largest absolute Gasteiger partial charge is 0.201 e. The number of aryl methyl sites for hydroxylation is 2. The first-order valence-electron chi connectivity index (χ1n) is 14.7. The van der Waals surface area contributed by atoms with Gasteiger partial charge in [-0.25, -0.2) is 18.3 Å². The molecule has 0 N–H and O–H groups in total. The van der Waals surface area contributed by atoms with Crippen molar-refractivity contribution in [2.24, 2.45) is 0 Å². The zero-order valence-corrected chi connectivity index (χ0v) is 24.3. The lowest BCUT2D eigenvalue weighted by atomic mass is 9.99. The van der Waals surface area contributed by atoms with Crippen LogP contribution >= 0.6 is 0 Å². The average molecular weight is 549 g/mol. The maximum absolute atomic E-state index is 2.28. The first kappa shape index (κ1) is 26.0. The number of pyridine rings is 4. The Hall–Kier alpha value is -4.96. The molecule has 0 radical (unpaired) electrons. The molecule has 4 aromatic heterocycles. The second-order valence-electron chi connectivity index (χ2n) is 11.6. The molecule has 4 heteroatoms. The zero-order valence-electron chi connectivity index (χ0n) is 24.3. The number of nitrogens with zero attached hydrogens (tertiary/aromatic N) is 4. The molecule has 22 rings (SSSR count). The standard InChI is InChI=1S/C38H36N4/c1-29-23-41-21-15-37(29)38-16-22-42(24-30(38)2)28-34-9-5-32(6-10-34)26-40-19-13-36(14-20-40)35-11-17-39(18-12-35)25-31-3-7-33(27-41)8-4-31/h3-24H,25-28H2,1-2H3/q+4. The fourth-order valence-corrected chi connectivity index (χ4v) is 5.98.